The van der Waals surface area contributed by atoms with Crippen LogP contribution in [0.4, 0.5) is 21.2 Å². The van der Waals surface area contributed by atoms with Crippen LogP contribution >= 0.6 is 0 Å². The van der Waals surface area contributed by atoms with E-state index in [0.717, 1.165) is 22.0 Å². The fourth-order valence-electron chi connectivity index (χ4n) is 7.86. The molecule has 7 nitrogen and oxygen atoms in total. The number of halogens is 1. The molecule has 0 radical (unpaired) electrons. The Hall–Kier alpha value is -4.05. The molecule has 0 aromatic heterocycles. The first-order chi connectivity index (χ1) is 21.1. The number of aliphatic hydroxyl groups is 1. The summed E-state index contributed by atoms with van der Waals surface area (Å²) in [6.45, 7) is 5.27. The highest BCUT2D eigenvalue weighted by molar-refractivity contribution is 6.72. The molecule has 2 amide bonds. The van der Waals surface area contributed by atoms with Gasteiger partial charge in [0.2, 0.25) is 8.41 Å². The summed E-state index contributed by atoms with van der Waals surface area (Å²) in [6, 6.07) is 24.8. The molecule has 0 bridgehead atoms. The van der Waals surface area contributed by atoms with Crippen LogP contribution in [0.15, 0.2) is 78.9 Å². The van der Waals surface area contributed by atoms with Crippen LogP contribution in [0.5, 0.6) is 5.75 Å². The summed E-state index contributed by atoms with van der Waals surface area (Å²) in [5, 5.41) is 11.8. The highest BCUT2D eigenvalue weighted by atomic mass is 28.4. The molecule has 9 heteroatoms. The van der Waals surface area contributed by atoms with Crippen molar-refractivity contribution >= 4 is 48.1 Å². The normalized spacial score (nSPS) is 24.2. The number of carbonyl (C=O) groups is 2. The quantitative estimate of drug-likeness (QED) is 0.183. The third-order valence-electron chi connectivity index (χ3n) is 9.65. The fourth-order valence-corrected chi connectivity index (χ4v) is 10.4. The molecule has 1 N–H and O–H groups in total. The van der Waals surface area contributed by atoms with Gasteiger partial charge in [0.15, 0.2) is 5.60 Å². The monoisotopic (exact) mass is 610 g/mol. The second kappa shape index (κ2) is 10.3. The maximum Gasteiger partial charge on any atom is 0.264 e. The van der Waals surface area contributed by atoms with E-state index in [-0.39, 0.29) is 31.4 Å². The molecule has 4 atom stereocenters. The molecule has 7 rings (SSSR count). The van der Waals surface area contributed by atoms with E-state index >= 15 is 4.11 Å². The maximum atomic E-state index is 15.8. The van der Waals surface area contributed by atoms with Gasteiger partial charge in [-0.3, -0.25) is 14.5 Å². The number of fused-ring (bicyclic) bond motifs is 2. The molecule has 3 heterocycles. The smallest absolute Gasteiger partial charge is 0.264 e. The van der Waals surface area contributed by atoms with Crippen molar-refractivity contribution in [3.8, 4) is 5.75 Å². The SMILES string of the molecule is COc1ccc2c(c1)[C@@]1(O[C@H](CCO)[C@@H]([Si](C)(C)F)[C@@H]1C)C(=O)N2Cc1cccc(N2C(=O)c3cccc4cccc2c34)c1. The van der Waals surface area contributed by atoms with Gasteiger partial charge in [-0.1, -0.05) is 43.3 Å². The van der Waals surface area contributed by atoms with Crippen LogP contribution in [-0.4, -0.2) is 45.1 Å². The molecule has 1 spiro atoms. The molecule has 0 aliphatic carbocycles. The molecule has 4 aromatic rings. The Morgan fingerprint density at radius 3 is 2.48 bits per heavy atom. The van der Waals surface area contributed by atoms with Gasteiger partial charge in [-0.05, 0) is 72.9 Å². The van der Waals surface area contributed by atoms with Crippen molar-refractivity contribution in [2.45, 2.75) is 50.2 Å². The first kappa shape index (κ1) is 28.7. The number of methoxy groups -OCH3 is 1. The summed E-state index contributed by atoms with van der Waals surface area (Å²) in [7, 11) is -1.73. The molecule has 3 aliphatic rings. The third kappa shape index (κ3) is 4.06. The number of rotatable bonds is 7. The Balaban J connectivity index is 1.28. The molecule has 0 saturated carbocycles. The minimum Gasteiger partial charge on any atom is -0.497 e. The minimum atomic E-state index is -3.30. The Morgan fingerprint density at radius 1 is 1.00 bits per heavy atom. The minimum absolute atomic E-state index is 0.0882. The molecule has 3 aliphatic heterocycles. The van der Waals surface area contributed by atoms with Crippen molar-refractivity contribution in [2.75, 3.05) is 23.5 Å². The fraction of sp³-hybridized carbons (Fsp3) is 0.314. The highest BCUT2D eigenvalue weighted by Gasteiger charge is 2.66. The lowest BCUT2D eigenvalue weighted by Gasteiger charge is -2.31. The Kier molecular flexibility index (Phi) is 6.69. The molecular formula is C35H35FN2O5Si. The van der Waals surface area contributed by atoms with Gasteiger partial charge < -0.3 is 23.6 Å². The number of hydrogen-bond acceptors (Lipinski definition) is 5. The second-order valence-corrected chi connectivity index (χ2v) is 16.3. The van der Waals surface area contributed by atoms with E-state index in [9.17, 15) is 14.7 Å². The Labute approximate surface area is 257 Å². The van der Waals surface area contributed by atoms with Gasteiger partial charge in [-0.25, -0.2) is 0 Å². The summed E-state index contributed by atoms with van der Waals surface area (Å²) < 4.78 is 28.0. The van der Waals surface area contributed by atoms with Crippen molar-refractivity contribution in [1.29, 1.82) is 0 Å². The van der Waals surface area contributed by atoms with Crippen LogP contribution in [0.2, 0.25) is 18.6 Å². The summed E-state index contributed by atoms with van der Waals surface area (Å²) in [5.74, 6) is -0.219. The van der Waals surface area contributed by atoms with Gasteiger partial charge in [-0.2, -0.15) is 0 Å². The summed E-state index contributed by atoms with van der Waals surface area (Å²) in [4.78, 5) is 31.7. The predicted molar refractivity (Wildman–Crippen MR) is 171 cm³/mol. The van der Waals surface area contributed by atoms with E-state index in [4.69, 9.17) is 9.47 Å². The summed E-state index contributed by atoms with van der Waals surface area (Å²) >= 11 is 0. The second-order valence-electron chi connectivity index (χ2n) is 12.5. The zero-order chi connectivity index (χ0) is 31.0. The van der Waals surface area contributed by atoms with Crippen LogP contribution in [-0.2, 0) is 21.7 Å². The first-order valence-corrected chi connectivity index (χ1v) is 18.0. The van der Waals surface area contributed by atoms with Crippen molar-refractivity contribution in [3.63, 3.8) is 0 Å². The average Bonchev–Trinajstić information content (AvgIpc) is 3.56. The number of nitrogens with zero attached hydrogens (tertiary/aromatic N) is 2. The van der Waals surface area contributed by atoms with Crippen LogP contribution in [0.25, 0.3) is 10.8 Å². The van der Waals surface area contributed by atoms with E-state index in [1.54, 1.807) is 30.0 Å². The molecule has 4 aromatic carbocycles. The predicted octanol–water partition coefficient (Wildman–Crippen LogP) is 6.84. The lowest BCUT2D eigenvalue weighted by atomic mass is 9.82. The third-order valence-corrected chi connectivity index (χ3v) is 12.1. The lowest BCUT2D eigenvalue weighted by molar-refractivity contribution is -0.146. The Morgan fingerprint density at radius 2 is 1.75 bits per heavy atom. The van der Waals surface area contributed by atoms with Gasteiger partial charge in [0.25, 0.3) is 11.8 Å². The zero-order valence-electron chi connectivity index (χ0n) is 25.2. The maximum absolute atomic E-state index is 15.8. The van der Waals surface area contributed by atoms with E-state index in [2.05, 4.69) is 0 Å². The molecule has 0 unspecified atom stereocenters. The molecule has 1 saturated heterocycles. The van der Waals surface area contributed by atoms with Crippen LogP contribution < -0.4 is 14.5 Å². The van der Waals surface area contributed by atoms with Crippen molar-refractivity contribution in [1.82, 2.24) is 0 Å². The Bertz CT molecular complexity index is 1820. The van der Waals surface area contributed by atoms with Crippen molar-refractivity contribution in [2.24, 2.45) is 5.92 Å². The van der Waals surface area contributed by atoms with Crippen molar-refractivity contribution < 1.29 is 28.3 Å². The number of anilines is 3. The number of ether oxygens (including phenoxy) is 2. The molecule has 44 heavy (non-hydrogen) atoms. The van der Waals surface area contributed by atoms with E-state index in [1.165, 1.54) is 0 Å². The molecular weight excluding hydrogens is 575 g/mol. The number of amides is 2. The largest absolute Gasteiger partial charge is 0.497 e. The van der Waals surface area contributed by atoms with Gasteiger partial charge in [0, 0.05) is 34.7 Å². The number of aliphatic hydroxyl groups excluding tert-OH is 1. The lowest BCUT2D eigenvalue weighted by Crippen LogP contribution is -2.45. The highest BCUT2D eigenvalue weighted by Crippen LogP contribution is 2.60. The summed E-state index contributed by atoms with van der Waals surface area (Å²) in [6.07, 6.45) is -0.330. The molecule has 1 fully saturated rings. The van der Waals surface area contributed by atoms with E-state index < -0.39 is 31.6 Å². The van der Waals surface area contributed by atoms with Crippen LogP contribution in [0.1, 0.15) is 34.8 Å². The van der Waals surface area contributed by atoms with Gasteiger partial charge in [0.05, 0.1) is 36.7 Å². The van der Waals surface area contributed by atoms with E-state index in [1.807, 2.05) is 85.8 Å². The number of benzene rings is 4. The number of hydrogen-bond donors (Lipinski definition) is 1. The van der Waals surface area contributed by atoms with Gasteiger partial charge in [0.1, 0.15) is 5.75 Å². The van der Waals surface area contributed by atoms with E-state index in [0.29, 0.717) is 28.3 Å². The number of carbonyl (C=O) groups excluding carboxylic acids is 2. The summed E-state index contributed by atoms with van der Waals surface area (Å²) in [5.41, 5.74) is 2.51. The van der Waals surface area contributed by atoms with Crippen LogP contribution in [0, 0.1) is 5.92 Å². The van der Waals surface area contributed by atoms with Gasteiger partial charge >= 0.3 is 0 Å². The average molecular weight is 611 g/mol. The zero-order valence-corrected chi connectivity index (χ0v) is 26.2. The van der Waals surface area contributed by atoms with Crippen molar-refractivity contribution in [3.05, 3.63) is 95.6 Å². The topological polar surface area (TPSA) is 79.3 Å². The first-order valence-electron chi connectivity index (χ1n) is 15.0. The standard InChI is InChI=1S/C35H35FN2O5Si/c1-21-32(44(3,4)36)30(16-17-39)43-35(21)27-19-25(42-2)14-15-28(27)37(34(35)41)20-22-8-5-11-24(18-22)38-29-13-7-10-23-9-6-12-26(31(23)29)33(38)40/h5-15,18-19,21,30,32,39H,16-17,20H2,1-4H3/t21-,30+,32-,35+/m0/s1. The van der Waals surface area contributed by atoms with Crippen LogP contribution in [0.3, 0.4) is 0 Å². The van der Waals surface area contributed by atoms with Gasteiger partial charge in [-0.15, -0.1) is 0 Å². The molecule has 226 valence electrons.